The molecule has 1 aliphatic heterocycles. The van der Waals surface area contributed by atoms with Crippen molar-refractivity contribution >= 4 is 33.0 Å². The second-order valence-electron chi connectivity index (χ2n) is 10.1. The molecule has 0 aliphatic carbocycles. The Bertz CT molecular complexity index is 1410. The molecule has 1 atom stereocenters. The van der Waals surface area contributed by atoms with E-state index in [0.717, 1.165) is 5.56 Å². The molecule has 4 rings (SSSR count). The van der Waals surface area contributed by atoms with E-state index in [2.05, 4.69) is 4.98 Å². The number of nitrogens with zero attached hydrogens (tertiary/aromatic N) is 3. The Morgan fingerprint density at radius 1 is 0.974 bits per heavy atom. The molecule has 1 saturated heterocycles. The molecule has 0 bridgehead atoms. The number of benzene rings is 2. The predicted octanol–water partition coefficient (Wildman–Crippen LogP) is 2.95. The maximum Gasteiger partial charge on any atom is 0.410 e. The SMILES string of the molecule is CC(C)(C)OC(=O)N1CCN(C(=O)[C@@H](N)Cc2ccc(OS(=O)(=O)c3cccc4cccnc34)cc2)CC1. The fourth-order valence-corrected chi connectivity index (χ4v) is 5.25. The van der Waals surface area contributed by atoms with E-state index < -0.39 is 27.9 Å². The van der Waals surface area contributed by atoms with Gasteiger partial charge in [0, 0.05) is 37.8 Å². The Labute approximate surface area is 222 Å². The predicted molar refractivity (Wildman–Crippen MR) is 142 cm³/mol. The number of pyridine rings is 1. The highest BCUT2D eigenvalue weighted by Crippen LogP contribution is 2.25. The van der Waals surface area contributed by atoms with E-state index in [9.17, 15) is 18.0 Å². The van der Waals surface area contributed by atoms with Crippen molar-refractivity contribution < 1.29 is 26.9 Å². The maximum atomic E-state index is 12.9. The second kappa shape index (κ2) is 11.0. The minimum Gasteiger partial charge on any atom is -0.444 e. The Balaban J connectivity index is 1.33. The third-order valence-corrected chi connectivity index (χ3v) is 7.29. The molecule has 0 spiro atoms. The van der Waals surface area contributed by atoms with Gasteiger partial charge in [-0.25, -0.2) is 4.79 Å². The molecule has 1 aliphatic rings. The van der Waals surface area contributed by atoms with Crippen LogP contribution in [0.2, 0.25) is 0 Å². The van der Waals surface area contributed by atoms with Gasteiger partial charge in [-0.2, -0.15) is 8.42 Å². The van der Waals surface area contributed by atoms with Gasteiger partial charge in [-0.1, -0.05) is 30.3 Å². The lowest BCUT2D eigenvalue weighted by molar-refractivity contribution is -0.134. The first-order valence-corrected chi connectivity index (χ1v) is 13.7. The molecule has 0 unspecified atom stereocenters. The summed E-state index contributed by atoms with van der Waals surface area (Å²) < 4.78 is 36.6. The number of para-hydroxylation sites is 1. The van der Waals surface area contributed by atoms with E-state index in [1.165, 1.54) is 24.4 Å². The Morgan fingerprint density at radius 3 is 2.26 bits per heavy atom. The van der Waals surface area contributed by atoms with Crippen LogP contribution in [0.5, 0.6) is 5.75 Å². The van der Waals surface area contributed by atoms with Crippen molar-refractivity contribution in [2.75, 3.05) is 26.2 Å². The van der Waals surface area contributed by atoms with E-state index in [4.69, 9.17) is 14.7 Å². The first-order valence-electron chi connectivity index (χ1n) is 12.3. The highest BCUT2D eigenvalue weighted by Gasteiger charge is 2.29. The summed E-state index contributed by atoms with van der Waals surface area (Å²) in [5.41, 5.74) is 6.71. The average Bonchev–Trinajstić information content (AvgIpc) is 2.88. The number of piperazine rings is 1. The fraction of sp³-hybridized carbons (Fsp3) is 0.370. The van der Waals surface area contributed by atoms with Crippen molar-refractivity contribution in [3.8, 4) is 5.75 Å². The van der Waals surface area contributed by atoms with E-state index in [1.54, 1.807) is 46.2 Å². The van der Waals surface area contributed by atoms with Crippen molar-refractivity contribution in [3.05, 3.63) is 66.4 Å². The van der Waals surface area contributed by atoms with Crippen LogP contribution in [-0.2, 0) is 26.1 Å². The average molecular weight is 541 g/mol. The van der Waals surface area contributed by atoms with Crippen LogP contribution in [0.3, 0.4) is 0 Å². The van der Waals surface area contributed by atoms with Gasteiger partial charge in [0.1, 0.15) is 16.2 Å². The third kappa shape index (κ3) is 6.59. The Hall–Kier alpha value is -3.70. The fourth-order valence-electron chi connectivity index (χ4n) is 4.14. The highest BCUT2D eigenvalue weighted by atomic mass is 32.2. The lowest BCUT2D eigenvalue weighted by atomic mass is 10.1. The van der Waals surface area contributed by atoms with Gasteiger partial charge in [0.25, 0.3) is 0 Å². The van der Waals surface area contributed by atoms with E-state index >= 15 is 0 Å². The Morgan fingerprint density at radius 2 is 1.61 bits per heavy atom. The number of aromatic nitrogens is 1. The zero-order valence-corrected chi connectivity index (χ0v) is 22.5. The van der Waals surface area contributed by atoms with Gasteiger partial charge < -0.3 is 24.5 Å². The van der Waals surface area contributed by atoms with E-state index in [-0.39, 0.29) is 23.0 Å². The molecule has 10 nitrogen and oxygen atoms in total. The Kier molecular flexibility index (Phi) is 7.89. The van der Waals surface area contributed by atoms with E-state index in [1.807, 2.05) is 20.8 Å². The summed E-state index contributed by atoms with van der Waals surface area (Å²) in [7, 11) is -4.11. The number of carbonyl (C=O) groups excluding carboxylic acids is 2. The zero-order chi connectivity index (χ0) is 27.5. The number of amides is 2. The monoisotopic (exact) mass is 540 g/mol. The minimum atomic E-state index is -4.11. The van der Waals surface area contributed by atoms with Crippen molar-refractivity contribution in [1.29, 1.82) is 0 Å². The summed E-state index contributed by atoms with van der Waals surface area (Å²) in [5, 5.41) is 0.692. The smallest absolute Gasteiger partial charge is 0.410 e. The minimum absolute atomic E-state index is 0.0148. The molecule has 0 radical (unpaired) electrons. The molecule has 2 amide bonds. The number of hydrogen-bond donors (Lipinski definition) is 1. The number of rotatable bonds is 6. The molecule has 2 aromatic carbocycles. The molecule has 2 heterocycles. The summed E-state index contributed by atoms with van der Waals surface area (Å²) in [6, 6.07) is 14.0. The zero-order valence-electron chi connectivity index (χ0n) is 21.7. The van der Waals surface area contributed by atoms with Gasteiger partial charge in [-0.15, -0.1) is 0 Å². The molecule has 0 saturated carbocycles. The van der Waals surface area contributed by atoms with Crippen LogP contribution in [-0.4, -0.2) is 73.0 Å². The largest absolute Gasteiger partial charge is 0.444 e. The van der Waals surface area contributed by atoms with Crippen LogP contribution in [0, 0.1) is 0 Å². The summed E-state index contributed by atoms with van der Waals surface area (Å²) >= 11 is 0. The number of nitrogens with two attached hydrogens (primary N) is 1. The van der Waals surface area contributed by atoms with Gasteiger partial charge >= 0.3 is 16.2 Å². The molecule has 38 heavy (non-hydrogen) atoms. The summed E-state index contributed by atoms with van der Waals surface area (Å²) in [4.78, 5) is 32.5. The molecule has 2 N–H and O–H groups in total. The normalized spacial score (nSPS) is 15.3. The van der Waals surface area contributed by atoms with Crippen molar-refractivity contribution in [2.24, 2.45) is 5.73 Å². The van der Waals surface area contributed by atoms with Gasteiger partial charge in [-0.05, 0) is 57.0 Å². The van der Waals surface area contributed by atoms with E-state index in [0.29, 0.717) is 37.1 Å². The molecular formula is C27H32N4O6S. The van der Waals surface area contributed by atoms with Crippen molar-refractivity contribution in [2.45, 2.75) is 43.7 Å². The number of fused-ring (bicyclic) bond motifs is 1. The molecule has 1 aromatic heterocycles. The first-order chi connectivity index (χ1) is 17.9. The van der Waals surface area contributed by atoms with Gasteiger partial charge in [0.05, 0.1) is 11.6 Å². The quantitative estimate of drug-likeness (QED) is 0.472. The summed E-state index contributed by atoms with van der Waals surface area (Å²) in [5.74, 6) is -0.0694. The van der Waals surface area contributed by atoms with Gasteiger partial charge in [-0.3, -0.25) is 9.78 Å². The first kappa shape index (κ1) is 27.3. The highest BCUT2D eigenvalue weighted by molar-refractivity contribution is 7.87. The number of hydrogen-bond acceptors (Lipinski definition) is 8. The summed E-state index contributed by atoms with van der Waals surface area (Å²) in [6.45, 7) is 6.93. The standard InChI is InChI=1S/C27H32N4O6S/c1-27(2,3)36-26(33)31-16-14-30(15-17-31)25(32)22(28)18-19-9-11-21(12-10-19)37-38(34,35)23-8-4-6-20-7-5-13-29-24(20)23/h4-13,22H,14-18,28H2,1-3H3/t22-/m0/s1. The van der Waals surface area contributed by atoms with Crippen LogP contribution in [0.25, 0.3) is 10.9 Å². The lowest BCUT2D eigenvalue weighted by Gasteiger charge is -2.36. The lowest BCUT2D eigenvalue weighted by Crippen LogP contribution is -2.55. The number of carbonyl (C=O) groups is 2. The van der Waals surface area contributed by atoms with Crippen LogP contribution < -0.4 is 9.92 Å². The molecule has 1 fully saturated rings. The molecule has 11 heteroatoms. The topological polar surface area (TPSA) is 132 Å². The second-order valence-corrected chi connectivity index (χ2v) is 11.6. The molecule has 202 valence electrons. The van der Waals surface area contributed by atoms with Crippen molar-refractivity contribution in [1.82, 2.24) is 14.8 Å². The van der Waals surface area contributed by atoms with Crippen LogP contribution >= 0.6 is 0 Å². The van der Waals surface area contributed by atoms with Gasteiger partial charge in [0.15, 0.2) is 0 Å². The molecular weight excluding hydrogens is 508 g/mol. The van der Waals surface area contributed by atoms with Gasteiger partial charge in [0.2, 0.25) is 5.91 Å². The molecule has 3 aromatic rings. The maximum absolute atomic E-state index is 12.9. The van der Waals surface area contributed by atoms with Crippen molar-refractivity contribution in [3.63, 3.8) is 0 Å². The van der Waals surface area contributed by atoms with Crippen LogP contribution in [0.15, 0.2) is 65.7 Å². The van der Waals surface area contributed by atoms with Crippen LogP contribution in [0.4, 0.5) is 4.79 Å². The number of ether oxygens (including phenoxy) is 1. The van der Waals surface area contributed by atoms with Crippen LogP contribution in [0.1, 0.15) is 26.3 Å². The summed E-state index contributed by atoms with van der Waals surface area (Å²) in [6.07, 6.45) is 1.41. The third-order valence-electron chi connectivity index (χ3n) is 6.01.